The van der Waals surface area contributed by atoms with E-state index in [1.54, 1.807) is 0 Å². The molecule has 0 atom stereocenters. The first-order chi connectivity index (χ1) is 3.73. The third-order valence-electron chi connectivity index (χ3n) is 0. The van der Waals surface area contributed by atoms with Crippen LogP contribution in [0, 0.1) is 0 Å². The summed E-state index contributed by atoms with van der Waals surface area (Å²) in [7, 11) is -4.64. The Morgan fingerprint density at radius 2 is 1.30 bits per heavy atom. The van der Waals surface area contributed by atoms with Gasteiger partial charge in [0.15, 0.2) is 0 Å². The normalized spacial score (nSPS) is 8.40. The summed E-state index contributed by atoms with van der Waals surface area (Å²) in [5, 5.41) is 7.42. The van der Waals surface area contributed by atoms with E-state index in [1.807, 2.05) is 0 Å². The number of hydrogen-bond donors (Lipinski definition) is 4. The topological polar surface area (TPSA) is 115 Å². The zero-order valence-electron chi connectivity index (χ0n) is 4.96. The second-order valence-electron chi connectivity index (χ2n) is 1.03. The van der Waals surface area contributed by atoms with Gasteiger partial charge in [-0.1, -0.05) is 0 Å². The highest BCUT2D eigenvalue weighted by Crippen LogP contribution is 2.25. The average molecular weight is 195 g/mol. The molecule has 4 N–H and O–H groups in total. The molecule has 0 unspecified atom stereocenters. The summed E-state index contributed by atoms with van der Waals surface area (Å²) in [5.74, 6) is -0.833. The van der Waals surface area contributed by atoms with Crippen LogP contribution in [0.15, 0.2) is 0 Å². The molecule has 0 aromatic carbocycles. The molecule has 6 nitrogen and oxygen atoms in total. The molecule has 64 valence electrons. The molecule has 0 saturated carbocycles. The van der Waals surface area contributed by atoms with Crippen LogP contribution in [0.25, 0.3) is 0 Å². The molecule has 0 aromatic rings. The number of carbonyl (C=O) groups is 1. The number of halogens is 1. The third kappa shape index (κ3) is 22000. The summed E-state index contributed by atoms with van der Waals surface area (Å²) in [6.07, 6.45) is 0. The van der Waals surface area contributed by atoms with E-state index in [1.165, 1.54) is 0 Å². The molecular formula is C2H8ClO6P. The molecule has 0 aliphatic heterocycles. The van der Waals surface area contributed by atoms with Crippen molar-refractivity contribution in [2.24, 2.45) is 0 Å². The lowest BCUT2D eigenvalue weighted by molar-refractivity contribution is -0.134. The predicted molar refractivity (Wildman–Crippen MR) is 34.8 cm³/mol. The van der Waals surface area contributed by atoms with Crippen LogP contribution in [0.5, 0.6) is 0 Å². The molecule has 0 radical (unpaired) electrons. The van der Waals surface area contributed by atoms with Crippen LogP contribution in [0.4, 0.5) is 0 Å². The standard InChI is InChI=1S/C2H4O2.ClH.H3O4P/c1-2(3)4;;1-5(2,3)4/h1H3,(H,3,4);1H;(H3,1,2,3,4). The van der Waals surface area contributed by atoms with Crippen molar-refractivity contribution in [3.8, 4) is 0 Å². The minimum atomic E-state index is -4.64. The first kappa shape index (κ1) is 16.5. The van der Waals surface area contributed by atoms with Gasteiger partial charge in [0.1, 0.15) is 0 Å². The first-order valence-corrected chi connectivity index (χ1v) is 3.28. The average Bonchev–Trinajstić information content (AvgIpc) is 1.19. The van der Waals surface area contributed by atoms with Gasteiger partial charge in [-0.2, -0.15) is 0 Å². The van der Waals surface area contributed by atoms with E-state index in [-0.39, 0.29) is 12.4 Å². The van der Waals surface area contributed by atoms with Crippen LogP contribution < -0.4 is 0 Å². The van der Waals surface area contributed by atoms with E-state index < -0.39 is 13.8 Å². The van der Waals surface area contributed by atoms with Gasteiger partial charge >= 0.3 is 7.82 Å². The van der Waals surface area contributed by atoms with Gasteiger partial charge in [-0.05, 0) is 0 Å². The second kappa shape index (κ2) is 6.98. The Morgan fingerprint density at radius 3 is 1.30 bits per heavy atom. The maximum atomic E-state index is 9.00. The van der Waals surface area contributed by atoms with Crippen molar-refractivity contribution in [3.05, 3.63) is 0 Å². The Bertz CT molecular complexity index is 115. The molecule has 0 heterocycles. The molecule has 0 aliphatic rings. The summed E-state index contributed by atoms with van der Waals surface area (Å²) in [6.45, 7) is 1.08. The van der Waals surface area contributed by atoms with Crippen molar-refractivity contribution >= 4 is 26.2 Å². The fourth-order valence-corrected chi connectivity index (χ4v) is 0. The van der Waals surface area contributed by atoms with Gasteiger partial charge in [0.25, 0.3) is 5.97 Å². The summed E-state index contributed by atoms with van der Waals surface area (Å²) in [5.41, 5.74) is 0. The van der Waals surface area contributed by atoms with Gasteiger partial charge in [-0.15, -0.1) is 12.4 Å². The number of carboxylic acids is 1. The summed E-state index contributed by atoms with van der Waals surface area (Å²) in [4.78, 5) is 30.6. The van der Waals surface area contributed by atoms with E-state index in [0.29, 0.717) is 0 Å². The van der Waals surface area contributed by atoms with Crippen LogP contribution in [0.3, 0.4) is 0 Å². The Hall–Kier alpha value is -0.130. The molecule has 8 heteroatoms. The smallest absolute Gasteiger partial charge is 0.466 e. The molecule has 0 spiro atoms. The first-order valence-electron chi connectivity index (χ1n) is 1.71. The molecule has 0 aromatic heterocycles. The SMILES string of the molecule is CC(=O)O.Cl.O=P(O)(O)O. The molecule has 0 amide bonds. The molecule has 10 heavy (non-hydrogen) atoms. The van der Waals surface area contributed by atoms with E-state index in [2.05, 4.69) is 0 Å². The van der Waals surface area contributed by atoms with Gasteiger partial charge in [0.05, 0.1) is 0 Å². The van der Waals surface area contributed by atoms with Gasteiger partial charge in [-0.3, -0.25) is 4.79 Å². The highest BCUT2D eigenvalue weighted by Gasteiger charge is 2.00. The lowest BCUT2D eigenvalue weighted by Crippen LogP contribution is -1.78. The Kier molecular flexibility index (Phi) is 11.5. The van der Waals surface area contributed by atoms with E-state index in [9.17, 15) is 0 Å². The molecule has 0 aliphatic carbocycles. The Morgan fingerprint density at radius 1 is 1.30 bits per heavy atom. The zero-order chi connectivity index (χ0) is 8.08. The van der Waals surface area contributed by atoms with Crippen LogP contribution in [0.2, 0.25) is 0 Å². The number of phosphoric acid groups is 1. The second-order valence-corrected chi connectivity index (χ2v) is 2.06. The molecule has 0 bridgehead atoms. The van der Waals surface area contributed by atoms with E-state index in [0.717, 1.165) is 6.92 Å². The Labute approximate surface area is 63.2 Å². The van der Waals surface area contributed by atoms with Gasteiger partial charge < -0.3 is 19.8 Å². The van der Waals surface area contributed by atoms with Gasteiger partial charge in [0.2, 0.25) is 0 Å². The van der Waals surface area contributed by atoms with Crippen molar-refractivity contribution in [3.63, 3.8) is 0 Å². The van der Waals surface area contributed by atoms with Crippen molar-refractivity contribution in [1.29, 1.82) is 0 Å². The minimum absolute atomic E-state index is 0. The maximum absolute atomic E-state index is 9.00. The fourth-order valence-electron chi connectivity index (χ4n) is 0. The van der Waals surface area contributed by atoms with Gasteiger partial charge in [0, 0.05) is 6.92 Å². The minimum Gasteiger partial charge on any atom is -0.481 e. The van der Waals surface area contributed by atoms with Crippen molar-refractivity contribution < 1.29 is 29.1 Å². The number of carboxylic acid groups (broad SMARTS) is 1. The molecular weight excluding hydrogens is 186 g/mol. The summed E-state index contributed by atoms with van der Waals surface area (Å²) >= 11 is 0. The molecule has 0 rings (SSSR count). The van der Waals surface area contributed by atoms with Crippen LogP contribution in [0.1, 0.15) is 6.92 Å². The van der Waals surface area contributed by atoms with Crippen molar-refractivity contribution in [2.75, 3.05) is 0 Å². The third-order valence-corrected chi connectivity index (χ3v) is 0. The number of aliphatic carboxylic acids is 1. The summed E-state index contributed by atoms with van der Waals surface area (Å²) < 4.78 is 8.88. The van der Waals surface area contributed by atoms with Crippen LogP contribution in [-0.4, -0.2) is 25.8 Å². The molecule has 0 fully saturated rings. The predicted octanol–water partition coefficient (Wildman–Crippen LogP) is -0.416. The lowest BCUT2D eigenvalue weighted by Gasteiger charge is -1.82. The quantitative estimate of drug-likeness (QED) is 0.390. The largest absolute Gasteiger partial charge is 0.481 e. The highest BCUT2D eigenvalue weighted by atomic mass is 35.5. The monoisotopic (exact) mass is 194 g/mol. The summed E-state index contributed by atoms with van der Waals surface area (Å²) in [6, 6.07) is 0. The maximum Gasteiger partial charge on any atom is 0.466 e. The van der Waals surface area contributed by atoms with Crippen LogP contribution in [-0.2, 0) is 9.36 Å². The van der Waals surface area contributed by atoms with E-state index >= 15 is 0 Å². The molecule has 0 saturated heterocycles. The zero-order valence-corrected chi connectivity index (χ0v) is 6.67. The number of rotatable bonds is 0. The van der Waals surface area contributed by atoms with Gasteiger partial charge in [-0.25, -0.2) is 4.57 Å². The fraction of sp³-hybridized carbons (Fsp3) is 0.500. The highest BCUT2D eigenvalue weighted by molar-refractivity contribution is 7.45. The van der Waals surface area contributed by atoms with E-state index in [4.69, 9.17) is 29.1 Å². The van der Waals surface area contributed by atoms with Crippen LogP contribution >= 0.6 is 20.2 Å². The van der Waals surface area contributed by atoms with Crippen molar-refractivity contribution in [2.45, 2.75) is 6.92 Å². The lowest BCUT2D eigenvalue weighted by atomic mass is 10.9. The number of hydrogen-bond acceptors (Lipinski definition) is 2. The van der Waals surface area contributed by atoms with Crippen molar-refractivity contribution in [1.82, 2.24) is 0 Å². The Balaban J connectivity index is -0.0000000910.